The smallest absolute Gasteiger partial charge is 0.0887 e. The van der Waals surface area contributed by atoms with Gasteiger partial charge >= 0.3 is 0 Å². The Labute approximate surface area is 140 Å². The number of hydrogen-bond acceptors (Lipinski definition) is 2. The van der Waals surface area contributed by atoms with Gasteiger partial charge < -0.3 is 5.32 Å². The van der Waals surface area contributed by atoms with Gasteiger partial charge in [-0.3, -0.25) is 0 Å². The van der Waals surface area contributed by atoms with Crippen LogP contribution in [0.15, 0.2) is 9.85 Å². The molecule has 1 fully saturated rings. The van der Waals surface area contributed by atoms with E-state index in [9.17, 15) is 0 Å². The molecule has 0 saturated heterocycles. The molecule has 0 bridgehead atoms. The summed E-state index contributed by atoms with van der Waals surface area (Å²) in [6.07, 6.45) is 10.9. The number of halogens is 2. The monoisotopic (exact) mass is 377 g/mol. The van der Waals surface area contributed by atoms with Crippen molar-refractivity contribution >= 4 is 38.9 Å². The van der Waals surface area contributed by atoms with Gasteiger partial charge in [0.25, 0.3) is 0 Å². The molecule has 1 aromatic rings. The third kappa shape index (κ3) is 4.72. The Hall–Kier alpha value is 0.430. The van der Waals surface area contributed by atoms with Crippen molar-refractivity contribution in [1.29, 1.82) is 0 Å². The normalized spacial score (nSPS) is 18.4. The molecule has 1 saturated carbocycles. The van der Waals surface area contributed by atoms with Crippen molar-refractivity contribution in [3.8, 4) is 0 Å². The first kappa shape index (κ1) is 16.8. The van der Waals surface area contributed by atoms with Gasteiger partial charge in [0.05, 0.1) is 8.81 Å². The maximum absolute atomic E-state index is 6.14. The number of aryl methyl sites for hydroxylation is 1. The van der Waals surface area contributed by atoms with Gasteiger partial charge in [0.1, 0.15) is 0 Å². The van der Waals surface area contributed by atoms with Crippen molar-refractivity contribution in [1.82, 2.24) is 5.32 Å². The summed E-state index contributed by atoms with van der Waals surface area (Å²) in [5, 5.41) is 4.38. The van der Waals surface area contributed by atoms with Crippen LogP contribution < -0.4 is 5.32 Å². The second-order valence-corrected chi connectivity index (χ2v) is 8.86. The summed E-state index contributed by atoms with van der Waals surface area (Å²) in [7, 11) is 0. The maximum Gasteiger partial charge on any atom is 0.0887 e. The van der Waals surface area contributed by atoms with Crippen molar-refractivity contribution in [3.05, 3.63) is 19.8 Å². The zero-order valence-corrected chi connectivity index (χ0v) is 15.5. The van der Waals surface area contributed by atoms with Crippen LogP contribution >= 0.6 is 38.9 Å². The Morgan fingerprint density at radius 2 is 2.05 bits per heavy atom. The SMILES string of the molecule is CCNCCC1(CCc2cc(Cl)c(Br)s2)CCCCC1. The van der Waals surface area contributed by atoms with E-state index in [1.807, 2.05) is 0 Å². The van der Waals surface area contributed by atoms with E-state index >= 15 is 0 Å². The average molecular weight is 379 g/mol. The molecule has 114 valence electrons. The summed E-state index contributed by atoms with van der Waals surface area (Å²) in [5.41, 5.74) is 0.573. The van der Waals surface area contributed by atoms with Crippen LogP contribution in [0.3, 0.4) is 0 Å². The molecule has 2 rings (SSSR count). The lowest BCUT2D eigenvalue weighted by molar-refractivity contribution is 0.157. The Balaban J connectivity index is 1.92. The van der Waals surface area contributed by atoms with Crippen LogP contribution in [0.4, 0.5) is 0 Å². The number of rotatable bonds is 7. The minimum atomic E-state index is 0.573. The van der Waals surface area contributed by atoms with Crippen molar-refractivity contribution in [3.63, 3.8) is 0 Å². The molecule has 1 aromatic heterocycles. The summed E-state index contributed by atoms with van der Waals surface area (Å²) in [6, 6.07) is 2.14. The van der Waals surface area contributed by atoms with Crippen LogP contribution in [0.5, 0.6) is 0 Å². The molecule has 0 unspecified atom stereocenters. The molecule has 0 aromatic carbocycles. The highest BCUT2D eigenvalue weighted by Gasteiger charge is 2.31. The molecule has 0 atom stereocenters. The third-order valence-electron chi connectivity index (χ3n) is 4.59. The van der Waals surface area contributed by atoms with Crippen LogP contribution in [0, 0.1) is 5.41 Å². The predicted molar refractivity (Wildman–Crippen MR) is 94.0 cm³/mol. The summed E-state index contributed by atoms with van der Waals surface area (Å²) in [4.78, 5) is 1.43. The second kappa shape index (κ2) is 8.17. The molecular formula is C16H25BrClNS. The fraction of sp³-hybridized carbons (Fsp3) is 0.750. The van der Waals surface area contributed by atoms with Crippen LogP contribution in [0.1, 0.15) is 56.7 Å². The third-order valence-corrected chi connectivity index (χ3v) is 7.13. The zero-order valence-electron chi connectivity index (χ0n) is 12.3. The van der Waals surface area contributed by atoms with E-state index in [2.05, 4.69) is 34.2 Å². The maximum atomic E-state index is 6.14. The Morgan fingerprint density at radius 1 is 1.30 bits per heavy atom. The van der Waals surface area contributed by atoms with E-state index in [0.29, 0.717) is 5.41 Å². The Kier molecular flexibility index (Phi) is 6.86. The largest absolute Gasteiger partial charge is 0.317 e. The number of hydrogen-bond donors (Lipinski definition) is 1. The summed E-state index contributed by atoms with van der Waals surface area (Å²) >= 11 is 11.5. The fourth-order valence-corrected chi connectivity index (χ4v) is 5.18. The highest BCUT2D eigenvalue weighted by molar-refractivity contribution is 9.11. The molecular weight excluding hydrogens is 354 g/mol. The van der Waals surface area contributed by atoms with E-state index in [1.165, 1.54) is 62.8 Å². The molecule has 1 aliphatic carbocycles. The number of thiophene rings is 1. The molecule has 0 radical (unpaired) electrons. The summed E-state index contributed by atoms with van der Waals surface area (Å²) in [5.74, 6) is 0. The van der Waals surface area contributed by atoms with Gasteiger partial charge in [0, 0.05) is 4.88 Å². The topological polar surface area (TPSA) is 12.0 Å². The minimum Gasteiger partial charge on any atom is -0.317 e. The molecule has 0 spiro atoms. The first-order valence-corrected chi connectivity index (χ1v) is 9.78. The van der Waals surface area contributed by atoms with Gasteiger partial charge in [-0.1, -0.05) is 37.8 Å². The van der Waals surface area contributed by atoms with Gasteiger partial charge in [0.15, 0.2) is 0 Å². The lowest BCUT2D eigenvalue weighted by atomic mass is 9.69. The quantitative estimate of drug-likeness (QED) is 0.570. The van der Waals surface area contributed by atoms with Crippen LogP contribution in [-0.4, -0.2) is 13.1 Å². The highest BCUT2D eigenvalue weighted by Crippen LogP contribution is 2.44. The molecule has 1 nitrogen and oxygen atoms in total. The average Bonchev–Trinajstić information content (AvgIpc) is 2.77. The lowest BCUT2D eigenvalue weighted by Crippen LogP contribution is -2.29. The minimum absolute atomic E-state index is 0.573. The lowest BCUT2D eigenvalue weighted by Gasteiger charge is -2.37. The molecule has 1 aliphatic rings. The van der Waals surface area contributed by atoms with Crippen molar-refractivity contribution in [2.24, 2.45) is 5.41 Å². The molecule has 0 aliphatic heterocycles. The van der Waals surface area contributed by atoms with Crippen LogP contribution in [0.25, 0.3) is 0 Å². The van der Waals surface area contributed by atoms with E-state index in [-0.39, 0.29) is 0 Å². The predicted octanol–water partition coefficient (Wildman–Crippen LogP) is 6.05. The Bertz CT molecular complexity index is 393. The molecule has 1 heterocycles. The van der Waals surface area contributed by atoms with Crippen LogP contribution in [0.2, 0.25) is 5.02 Å². The van der Waals surface area contributed by atoms with Gasteiger partial charge in [-0.15, -0.1) is 11.3 Å². The highest BCUT2D eigenvalue weighted by atomic mass is 79.9. The van der Waals surface area contributed by atoms with Gasteiger partial charge in [-0.2, -0.15) is 0 Å². The standard InChI is InChI=1S/C16H25BrClNS/c1-2-19-11-10-16(7-4-3-5-8-16)9-6-13-12-14(18)15(17)20-13/h12,19H,2-11H2,1H3. The van der Waals surface area contributed by atoms with E-state index in [4.69, 9.17) is 11.6 Å². The van der Waals surface area contributed by atoms with Gasteiger partial charge in [0.2, 0.25) is 0 Å². The number of nitrogens with one attached hydrogen (secondary N) is 1. The van der Waals surface area contributed by atoms with E-state index in [1.54, 1.807) is 11.3 Å². The first-order chi connectivity index (χ1) is 9.65. The van der Waals surface area contributed by atoms with Gasteiger partial charge in [-0.25, -0.2) is 0 Å². The van der Waals surface area contributed by atoms with Crippen LogP contribution in [-0.2, 0) is 6.42 Å². The van der Waals surface area contributed by atoms with Crippen molar-refractivity contribution < 1.29 is 0 Å². The summed E-state index contributed by atoms with van der Waals surface area (Å²) < 4.78 is 1.08. The molecule has 1 N–H and O–H groups in total. The first-order valence-electron chi connectivity index (χ1n) is 7.80. The zero-order chi connectivity index (χ0) is 14.4. The van der Waals surface area contributed by atoms with Gasteiger partial charge in [-0.05, 0) is 72.6 Å². The van der Waals surface area contributed by atoms with E-state index < -0.39 is 0 Å². The molecule has 0 amide bonds. The molecule has 4 heteroatoms. The second-order valence-electron chi connectivity index (χ2n) is 6.00. The van der Waals surface area contributed by atoms with Crippen molar-refractivity contribution in [2.45, 2.75) is 58.3 Å². The summed E-state index contributed by atoms with van der Waals surface area (Å²) in [6.45, 7) is 4.45. The van der Waals surface area contributed by atoms with E-state index in [0.717, 1.165) is 15.4 Å². The van der Waals surface area contributed by atoms with Crippen molar-refractivity contribution in [2.75, 3.05) is 13.1 Å². The fourth-order valence-electron chi connectivity index (χ4n) is 3.36. The molecule has 20 heavy (non-hydrogen) atoms. The Morgan fingerprint density at radius 3 is 2.65 bits per heavy atom.